The number of benzene rings is 2. The van der Waals surface area contributed by atoms with E-state index in [0.29, 0.717) is 45.7 Å². The molecular weight excluding hydrogens is 462 g/mol. The van der Waals surface area contributed by atoms with Crippen molar-refractivity contribution >= 4 is 52.0 Å². The number of hydrogen-bond donors (Lipinski definition) is 0. The van der Waals surface area contributed by atoms with Gasteiger partial charge in [0.15, 0.2) is 5.16 Å². The number of carbonyl (C=O) groups is 1. The van der Waals surface area contributed by atoms with Crippen LogP contribution < -0.4 is 0 Å². The van der Waals surface area contributed by atoms with Crippen LogP contribution in [0.5, 0.6) is 0 Å². The first-order valence-corrected chi connectivity index (χ1v) is 11.2. The van der Waals surface area contributed by atoms with Gasteiger partial charge in [0, 0.05) is 10.8 Å². The molecule has 2 heterocycles. The van der Waals surface area contributed by atoms with Gasteiger partial charge < -0.3 is 13.7 Å². The highest BCUT2D eigenvalue weighted by Gasteiger charge is 2.17. The number of furan rings is 1. The van der Waals surface area contributed by atoms with Crippen LogP contribution in [0.2, 0.25) is 10.0 Å². The van der Waals surface area contributed by atoms with E-state index in [2.05, 4.69) is 0 Å². The standard InChI is InChI=1S/C22H17Cl2FN2O3S/c1-2-29-21(28)13-5-6-20-19(9-13)26-22(27(20)11-15-4-3-7-30-15)31-12-14-8-18(25)17(24)10-16(14)23/h3-10H,2,11-12H2,1H3. The molecule has 0 unspecified atom stereocenters. The Balaban J connectivity index is 1.70. The van der Waals surface area contributed by atoms with E-state index in [1.165, 1.54) is 23.9 Å². The highest BCUT2D eigenvalue weighted by molar-refractivity contribution is 7.98. The summed E-state index contributed by atoms with van der Waals surface area (Å²) in [5.74, 6) is 0.220. The molecule has 0 amide bonds. The zero-order chi connectivity index (χ0) is 22.0. The summed E-state index contributed by atoms with van der Waals surface area (Å²) >= 11 is 13.4. The number of nitrogens with zero attached hydrogens (tertiary/aromatic N) is 2. The van der Waals surface area contributed by atoms with Crippen LogP contribution >= 0.6 is 35.0 Å². The van der Waals surface area contributed by atoms with Gasteiger partial charge >= 0.3 is 5.97 Å². The molecule has 0 aliphatic carbocycles. The molecular formula is C22H17Cl2FN2O3S. The second kappa shape index (κ2) is 9.34. The molecule has 2 aromatic heterocycles. The summed E-state index contributed by atoms with van der Waals surface area (Å²) in [6.45, 7) is 2.50. The third kappa shape index (κ3) is 4.74. The number of ether oxygens (including phenoxy) is 1. The smallest absolute Gasteiger partial charge is 0.338 e. The average molecular weight is 479 g/mol. The van der Waals surface area contributed by atoms with Crippen LogP contribution in [0.25, 0.3) is 11.0 Å². The molecule has 5 nitrogen and oxygen atoms in total. The van der Waals surface area contributed by atoms with Gasteiger partial charge in [0.25, 0.3) is 0 Å². The Kier molecular flexibility index (Phi) is 6.55. The van der Waals surface area contributed by atoms with E-state index < -0.39 is 11.8 Å². The van der Waals surface area contributed by atoms with Crippen molar-refractivity contribution in [1.82, 2.24) is 9.55 Å². The van der Waals surface area contributed by atoms with E-state index in [4.69, 9.17) is 37.3 Å². The summed E-state index contributed by atoms with van der Waals surface area (Å²) in [5, 5.41) is 1.05. The summed E-state index contributed by atoms with van der Waals surface area (Å²) in [6, 6.07) is 11.7. The zero-order valence-corrected chi connectivity index (χ0v) is 18.7. The van der Waals surface area contributed by atoms with Gasteiger partial charge in [-0.2, -0.15) is 0 Å². The summed E-state index contributed by atoms with van der Waals surface area (Å²) in [5.41, 5.74) is 2.52. The molecule has 4 rings (SSSR count). The van der Waals surface area contributed by atoms with Crippen molar-refractivity contribution in [3.05, 3.63) is 81.5 Å². The molecule has 0 aliphatic rings. The number of hydrogen-bond acceptors (Lipinski definition) is 5. The molecule has 9 heteroatoms. The fourth-order valence-corrected chi connectivity index (χ4v) is 4.62. The van der Waals surface area contributed by atoms with Gasteiger partial charge in [-0.25, -0.2) is 14.2 Å². The lowest BCUT2D eigenvalue weighted by molar-refractivity contribution is 0.0526. The van der Waals surface area contributed by atoms with Crippen molar-refractivity contribution in [1.29, 1.82) is 0 Å². The molecule has 0 radical (unpaired) electrons. The maximum Gasteiger partial charge on any atom is 0.338 e. The molecule has 0 spiro atoms. The van der Waals surface area contributed by atoms with Crippen LogP contribution in [-0.4, -0.2) is 22.1 Å². The average Bonchev–Trinajstić information content (AvgIpc) is 3.38. The Bertz CT molecular complexity index is 1240. The predicted molar refractivity (Wildman–Crippen MR) is 119 cm³/mol. The lowest BCUT2D eigenvalue weighted by Crippen LogP contribution is -2.04. The van der Waals surface area contributed by atoms with Crippen LogP contribution in [0.1, 0.15) is 28.6 Å². The Morgan fingerprint density at radius 3 is 2.81 bits per heavy atom. The van der Waals surface area contributed by atoms with Crippen molar-refractivity contribution in [2.45, 2.75) is 24.4 Å². The van der Waals surface area contributed by atoms with E-state index in [1.807, 2.05) is 22.8 Å². The van der Waals surface area contributed by atoms with Crippen molar-refractivity contribution in [2.24, 2.45) is 0 Å². The number of halogens is 3. The van der Waals surface area contributed by atoms with Gasteiger partial charge in [-0.1, -0.05) is 35.0 Å². The van der Waals surface area contributed by atoms with E-state index in [0.717, 1.165) is 11.3 Å². The topological polar surface area (TPSA) is 57.3 Å². The first-order valence-electron chi connectivity index (χ1n) is 9.42. The van der Waals surface area contributed by atoms with Gasteiger partial charge in [0.1, 0.15) is 11.6 Å². The minimum Gasteiger partial charge on any atom is -0.467 e. The normalized spacial score (nSPS) is 11.2. The highest BCUT2D eigenvalue weighted by Crippen LogP contribution is 2.32. The van der Waals surface area contributed by atoms with Gasteiger partial charge in [-0.15, -0.1) is 0 Å². The molecule has 160 valence electrons. The second-order valence-corrected chi connectivity index (χ2v) is 8.39. The fourth-order valence-electron chi connectivity index (χ4n) is 3.09. The van der Waals surface area contributed by atoms with Crippen LogP contribution in [0.4, 0.5) is 4.39 Å². The van der Waals surface area contributed by atoms with Crippen LogP contribution in [0, 0.1) is 5.82 Å². The van der Waals surface area contributed by atoms with Gasteiger partial charge in [-0.05, 0) is 55.0 Å². The number of aromatic nitrogens is 2. The number of rotatable bonds is 7. The molecule has 0 saturated carbocycles. The van der Waals surface area contributed by atoms with Gasteiger partial charge in [0.2, 0.25) is 0 Å². The van der Waals surface area contributed by atoms with Crippen LogP contribution in [0.15, 0.2) is 58.3 Å². The Morgan fingerprint density at radius 1 is 1.23 bits per heavy atom. The summed E-state index contributed by atoms with van der Waals surface area (Å²) in [7, 11) is 0. The summed E-state index contributed by atoms with van der Waals surface area (Å²) in [4.78, 5) is 16.8. The molecule has 0 bridgehead atoms. The maximum atomic E-state index is 13.9. The Hall–Kier alpha value is -2.48. The van der Waals surface area contributed by atoms with Crippen molar-refractivity contribution in [2.75, 3.05) is 6.61 Å². The van der Waals surface area contributed by atoms with Crippen molar-refractivity contribution in [3.8, 4) is 0 Å². The lowest BCUT2D eigenvalue weighted by atomic mass is 10.2. The number of thioether (sulfide) groups is 1. The lowest BCUT2D eigenvalue weighted by Gasteiger charge is -2.09. The first kappa shape index (κ1) is 21.7. The Labute approximate surface area is 192 Å². The molecule has 2 aromatic carbocycles. The minimum atomic E-state index is -0.523. The molecule has 0 N–H and O–H groups in total. The molecule has 0 atom stereocenters. The zero-order valence-electron chi connectivity index (χ0n) is 16.4. The maximum absolute atomic E-state index is 13.9. The number of fused-ring (bicyclic) bond motifs is 1. The molecule has 4 aromatic rings. The second-order valence-electron chi connectivity index (χ2n) is 6.63. The number of imidazole rings is 1. The first-order chi connectivity index (χ1) is 15.0. The van der Waals surface area contributed by atoms with E-state index in [-0.39, 0.29) is 5.02 Å². The van der Waals surface area contributed by atoms with Crippen molar-refractivity contribution < 1.29 is 18.3 Å². The highest BCUT2D eigenvalue weighted by atomic mass is 35.5. The Morgan fingerprint density at radius 2 is 2.06 bits per heavy atom. The quantitative estimate of drug-likeness (QED) is 0.170. The fraction of sp³-hybridized carbons (Fsp3) is 0.182. The van der Waals surface area contributed by atoms with E-state index in [9.17, 15) is 9.18 Å². The largest absolute Gasteiger partial charge is 0.467 e. The molecule has 0 saturated heterocycles. The van der Waals surface area contributed by atoms with Crippen LogP contribution in [0.3, 0.4) is 0 Å². The molecule has 31 heavy (non-hydrogen) atoms. The van der Waals surface area contributed by atoms with Gasteiger partial charge in [-0.3, -0.25) is 0 Å². The summed E-state index contributed by atoms with van der Waals surface area (Å²) in [6.07, 6.45) is 1.61. The third-order valence-electron chi connectivity index (χ3n) is 4.56. The minimum absolute atomic E-state index is 0.0182. The van der Waals surface area contributed by atoms with Gasteiger partial charge in [0.05, 0.1) is 41.0 Å². The molecule has 0 aliphatic heterocycles. The third-order valence-corrected chi connectivity index (χ3v) is 6.23. The monoisotopic (exact) mass is 478 g/mol. The molecule has 0 fully saturated rings. The SMILES string of the molecule is CCOC(=O)c1ccc2c(c1)nc(SCc1cc(F)c(Cl)cc1Cl)n2Cc1ccco1. The number of carbonyl (C=O) groups excluding carboxylic acids is 1. The van der Waals surface area contributed by atoms with E-state index in [1.54, 1.807) is 25.3 Å². The predicted octanol–water partition coefficient (Wildman–Crippen LogP) is 6.59. The van der Waals surface area contributed by atoms with E-state index >= 15 is 0 Å². The number of esters is 1. The summed E-state index contributed by atoms with van der Waals surface area (Å²) < 4.78 is 26.5. The van der Waals surface area contributed by atoms with Crippen molar-refractivity contribution in [3.63, 3.8) is 0 Å². The van der Waals surface area contributed by atoms with Crippen LogP contribution in [-0.2, 0) is 17.0 Å².